The van der Waals surface area contributed by atoms with Crippen LogP contribution in [0.5, 0.6) is 0 Å². The molecule has 2 fully saturated rings. The van der Waals surface area contributed by atoms with Gasteiger partial charge in [0.15, 0.2) is 5.13 Å². The van der Waals surface area contributed by atoms with Gasteiger partial charge in [-0.2, -0.15) is 0 Å². The summed E-state index contributed by atoms with van der Waals surface area (Å²) in [6, 6.07) is 10.7. The molecule has 2 heterocycles. The van der Waals surface area contributed by atoms with Gasteiger partial charge in [-0.05, 0) is 18.4 Å². The monoisotopic (exact) mass is 356 g/mol. The van der Waals surface area contributed by atoms with Crippen LogP contribution >= 0.6 is 11.3 Å². The highest BCUT2D eigenvalue weighted by Crippen LogP contribution is 2.43. The Kier molecular flexibility index (Phi) is 4.61. The van der Waals surface area contributed by atoms with Crippen molar-refractivity contribution in [2.24, 2.45) is 0 Å². The Bertz CT molecular complexity index is 691. The first-order valence-corrected chi connectivity index (χ1v) is 9.88. The van der Waals surface area contributed by atoms with Gasteiger partial charge in [-0.3, -0.25) is 0 Å². The lowest BCUT2D eigenvalue weighted by molar-refractivity contribution is 0.180. The minimum atomic E-state index is 0.0704. The Labute approximate surface area is 152 Å². The van der Waals surface area contributed by atoms with Crippen molar-refractivity contribution in [3.8, 4) is 0 Å². The lowest BCUT2D eigenvalue weighted by Gasteiger charge is -2.43. The fourth-order valence-corrected chi connectivity index (χ4v) is 4.49. The molecule has 1 aromatic heterocycles. The number of benzene rings is 1. The summed E-state index contributed by atoms with van der Waals surface area (Å²) in [4.78, 5) is 21.1. The van der Waals surface area contributed by atoms with Crippen molar-refractivity contribution in [2.75, 3.05) is 37.6 Å². The molecule has 1 aromatic carbocycles. The van der Waals surface area contributed by atoms with Crippen molar-refractivity contribution in [3.63, 3.8) is 0 Å². The summed E-state index contributed by atoms with van der Waals surface area (Å²) in [6.07, 6.45) is 5.40. The fourth-order valence-electron chi connectivity index (χ4n) is 3.79. The Morgan fingerprint density at radius 2 is 1.92 bits per heavy atom. The molecular weight excluding hydrogens is 332 g/mol. The van der Waals surface area contributed by atoms with Crippen LogP contribution in [0.25, 0.3) is 0 Å². The standard InChI is InChI=1S/C19H24N4OS/c24-17(22-10-12-23(13-11-22)18-20-9-14-25-18)21-15-19(7-4-8-19)16-5-2-1-3-6-16/h1-3,5-6,9,14H,4,7-8,10-13,15H2,(H,21,24). The van der Waals surface area contributed by atoms with Gasteiger partial charge in [-0.25, -0.2) is 9.78 Å². The van der Waals surface area contributed by atoms with Crippen molar-refractivity contribution >= 4 is 22.5 Å². The molecule has 1 N–H and O–H groups in total. The Balaban J connectivity index is 1.31. The van der Waals surface area contributed by atoms with Crippen LogP contribution in [0.2, 0.25) is 0 Å². The SMILES string of the molecule is O=C(NCC1(c2ccccc2)CCC1)N1CCN(c2nccs2)CC1. The minimum absolute atomic E-state index is 0.0704. The van der Waals surface area contributed by atoms with Crippen LogP contribution in [-0.4, -0.2) is 48.6 Å². The van der Waals surface area contributed by atoms with Gasteiger partial charge in [-0.15, -0.1) is 11.3 Å². The van der Waals surface area contributed by atoms with Crippen molar-refractivity contribution in [1.82, 2.24) is 15.2 Å². The van der Waals surface area contributed by atoms with Crippen LogP contribution in [0.4, 0.5) is 9.93 Å². The van der Waals surface area contributed by atoms with E-state index in [1.165, 1.54) is 12.0 Å². The molecular formula is C19H24N4OS. The second-order valence-corrected chi connectivity index (χ2v) is 7.82. The number of amides is 2. The number of nitrogens with one attached hydrogen (secondary N) is 1. The second-order valence-electron chi connectivity index (χ2n) is 6.95. The largest absolute Gasteiger partial charge is 0.345 e. The van der Waals surface area contributed by atoms with E-state index in [-0.39, 0.29) is 11.4 Å². The summed E-state index contributed by atoms with van der Waals surface area (Å²) in [7, 11) is 0. The van der Waals surface area contributed by atoms with E-state index in [4.69, 9.17) is 0 Å². The first kappa shape index (κ1) is 16.4. The molecule has 1 saturated carbocycles. The van der Waals surface area contributed by atoms with E-state index in [0.29, 0.717) is 0 Å². The number of aromatic nitrogens is 1. The van der Waals surface area contributed by atoms with Crippen molar-refractivity contribution in [1.29, 1.82) is 0 Å². The molecule has 1 aliphatic heterocycles. The van der Waals surface area contributed by atoms with Gasteiger partial charge in [0.25, 0.3) is 0 Å². The molecule has 2 aromatic rings. The van der Waals surface area contributed by atoms with Crippen molar-refractivity contribution in [3.05, 3.63) is 47.5 Å². The normalized spacial score (nSPS) is 19.4. The van der Waals surface area contributed by atoms with Crippen LogP contribution in [0.3, 0.4) is 0 Å². The zero-order valence-electron chi connectivity index (χ0n) is 14.4. The highest BCUT2D eigenvalue weighted by molar-refractivity contribution is 7.13. The average Bonchev–Trinajstić information content (AvgIpc) is 3.16. The number of hydrogen-bond donors (Lipinski definition) is 1. The number of piperazine rings is 1. The van der Waals surface area contributed by atoms with Crippen LogP contribution in [0.15, 0.2) is 41.9 Å². The maximum atomic E-state index is 12.6. The van der Waals surface area contributed by atoms with E-state index in [0.717, 1.165) is 50.7 Å². The maximum Gasteiger partial charge on any atom is 0.317 e. The van der Waals surface area contributed by atoms with Crippen molar-refractivity contribution in [2.45, 2.75) is 24.7 Å². The van der Waals surface area contributed by atoms with Gasteiger partial charge in [0.05, 0.1) is 0 Å². The molecule has 0 radical (unpaired) electrons. The zero-order valence-corrected chi connectivity index (χ0v) is 15.2. The third-order valence-electron chi connectivity index (χ3n) is 5.53. The summed E-state index contributed by atoms with van der Waals surface area (Å²) >= 11 is 1.66. The fraction of sp³-hybridized carbons (Fsp3) is 0.474. The Morgan fingerprint density at radius 1 is 1.16 bits per heavy atom. The lowest BCUT2D eigenvalue weighted by Crippen LogP contribution is -2.54. The first-order valence-electron chi connectivity index (χ1n) is 9.00. The molecule has 1 saturated heterocycles. The highest BCUT2D eigenvalue weighted by atomic mass is 32.1. The third-order valence-corrected chi connectivity index (χ3v) is 6.36. The summed E-state index contributed by atoms with van der Waals surface area (Å²) in [5.74, 6) is 0. The van der Waals surface area contributed by atoms with E-state index >= 15 is 0 Å². The molecule has 0 unspecified atom stereocenters. The molecule has 5 nitrogen and oxygen atoms in total. The van der Waals surface area contributed by atoms with Crippen LogP contribution < -0.4 is 10.2 Å². The molecule has 25 heavy (non-hydrogen) atoms. The Hall–Kier alpha value is -2.08. The van der Waals surface area contributed by atoms with E-state index in [9.17, 15) is 4.79 Å². The third kappa shape index (κ3) is 3.35. The van der Waals surface area contributed by atoms with Gasteiger partial charge in [0.2, 0.25) is 0 Å². The highest BCUT2D eigenvalue weighted by Gasteiger charge is 2.39. The molecule has 2 amide bonds. The van der Waals surface area contributed by atoms with Crippen LogP contribution in [-0.2, 0) is 5.41 Å². The summed E-state index contributed by atoms with van der Waals surface area (Å²) in [6.45, 7) is 3.95. The number of thiazole rings is 1. The molecule has 2 aliphatic rings. The number of urea groups is 1. The summed E-state index contributed by atoms with van der Waals surface area (Å²) < 4.78 is 0. The molecule has 132 valence electrons. The molecule has 6 heteroatoms. The second kappa shape index (κ2) is 7.04. The molecule has 1 aliphatic carbocycles. The van der Waals surface area contributed by atoms with Crippen LogP contribution in [0.1, 0.15) is 24.8 Å². The predicted molar refractivity (Wildman–Crippen MR) is 101 cm³/mol. The minimum Gasteiger partial charge on any atom is -0.345 e. The number of hydrogen-bond acceptors (Lipinski definition) is 4. The number of anilines is 1. The number of nitrogens with zero attached hydrogens (tertiary/aromatic N) is 3. The van der Waals surface area contributed by atoms with Gasteiger partial charge >= 0.3 is 6.03 Å². The quantitative estimate of drug-likeness (QED) is 0.916. The molecule has 4 rings (SSSR count). The smallest absolute Gasteiger partial charge is 0.317 e. The Morgan fingerprint density at radius 3 is 2.52 bits per heavy atom. The molecule has 0 spiro atoms. The summed E-state index contributed by atoms with van der Waals surface area (Å²) in [5.41, 5.74) is 1.50. The predicted octanol–water partition coefficient (Wildman–Crippen LogP) is 3.10. The van der Waals surface area contributed by atoms with Gasteiger partial charge in [0, 0.05) is 49.7 Å². The summed E-state index contributed by atoms with van der Waals surface area (Å²) in [5, 5.41) is 6.25. The van der Waals surface area contributed by atoms with Gasteiger partial charge < -0.3 is 15.1 Å². The van der Waals surface area contributed by atoms with Crippen molar-refractivity contribution < 1.29 is 4.79 Å². The first-order chi connectivity index (χ1) is 12.3. The number of carbonyl (C=O) groups is 1. The van der Waals surface area contributed by atoms with Crippen LogP contribution in [0, 0.1) is 0 Å². The van der Waals surface area contributed by atoms with E-state index in [2.05, 4.69) is 45.5 Å². The average molecular weight is 356 g/mol. The number of rotatable bonds is 4. The van der Waals surface area contributed by atoms with Gasteiger partial charge in [-0.1, -0.05) is 36.8 Å². The topological polar surface area (TPSA) is 48.5 Å². The van der Waals surface area contributed by atoms with Gasteiger partial charge in [0.1, 0.15) is 0 Å². The maximum absolute atomic E-state index is 12.6. The number of carbonyl (C=O) groups excluding carboxylic acids is 1. The lowest BCUT2D eigenvalue weighted by atomic mass is 9.64. The molecule has 0 atom stereocenters. The van der Waals surface area contributed by atoms with E-state index < -0.39 is 0 Å². The molecule has 0 bridgehead atoms. The zero-order chi connectivity index (χ0) is 17.1. The van der Waals surface area contributed by atoms with E-state index in [1.807, 2.05) is 16.5 Å². The van der Waals surface area contributed by atoms with E-state index in [1.54, 1.807) is 11.3 Å².